The van der Waals surface area contributed by atoms with Crippen molar-refractivity contribution in [3.63, 3.8) is 0 Å². The monoisotopic (exact) mass is 259 g/mol. The molecule has 0 atom stereocenters. The third-order valence-corrected chi connectivity index (χ3v) is 4.04. The fraction of sp³-hybridized carbons (Fsp3) is 0.500. The Hall–Kier alpha value is -0.470. The molecule has 0 unspecified atom stereocenters. The lowest BCUT2D eigenvalue weighted by Gasteiger charge is -2.66. The van der Waals surface area contributed by atoms with Crippen molar-refractivity contribution >= 4 is 28.9 Å². The minimum atomic E-state index is -0.826. The molecule has 0 aromatic heterocycles. The standard InChI is InChI=1S/C12H12Cl2FN/c13-8-1-9(14)3-10(2-8)16-7-11-4-12(15,5-11)6-11/h1-3,16H,4-7H2. The van der Waals surface area contributed by atoms with E-state index in [-0.39, 0.29) is 5.41 Å². The van der Waals surface area contributed by atoms with E-state index in [1.54, 1.807) is 6.07 Å². The van der Waals surface area contributed by atoms with Crippen LogP contribution in [0.15, 0.2) is 18.2 Å². The van der Waals surface area contributed by atoms with E-state index >= 15 is 0 Å². The number of rotatable bonds is 3. The van der Waals surface area contributed by atoms with Crippen molar-refractivity contribution in [2.75, 3.05) is 11.9 Å². The van der Waals surface area contributed by atoms with Gasteiger partial charge in [0.15, 0.2) is 0 Å². The normalized spacial score (nSPS) is 35.2. The van der Waals surface area contributed by atoms with Gasteiger partial charge in [-0.15, -0.1) is 0 Å². The van der Waals surface area contributed by atoms with Crippen molar-refractivity contribution in [2.24, 2.45) is 5.41 Å². The Morgan fingerprint density at radius 3 is 2.19 bits per heavy atom. The van der Waals surface area contributed by atoms with Crippen molar-refractivity contribution in [3.05, 3.63) is 28.2 Å². The third-order valence-electron chi connectivity index (χ3n) is 3.61. The van der Waals surface area contributed by atoms with Crippen LogP contribution < -0.4 is 5.32 Å². The number of hydrogen-bond acceptors (Lipinski definition) is 1. The molecule has 3 fully saturated rings. The molecule has 86 valence electrons. The number of anilines is 1. The van der Waals surface area contributed by atoms with Gasteiger partial charge >= 0.3 is 0 Å². The van der Waals surface area contributed by atoms with E-state index in [2.05, 4.69) is 5.32 Å². The maximum atomic E-state index is 13.3. The molecule has 0 spiro atoms. The third kappa shape index (κ3) is 1.68. The van der Waals surface area contributed by atoms with Crippen LogP contribution in [0.25, 0.3) is 0 Å². The zero-order chi connectivity index (χ0) is 11.4. The summed E-state index contributed by atoms with van der Waals surface area (Å²) in [5.74, 6) is 0. The van der Waals surface area contributed by atoms with Gasteiger partial charge in [-0.25, -0.2) is 4.39 Å². The molecule has 0 saturated heterocycles. The Labute approximate surface area is 104 Å². The predicted molar refractivity (Wildman–Crippen MR) is 65.1 cm³/mol. The molecule has 0 aliphatic heterocycles. The first-order valence-corrected chi connectivity index (χ1v) is 6.13. The molecule has 0 heterocycles. The quantitative estimate of drug-likeness (QED) is 0.854. The number of halogens is 3. The zero-order valence-electron chi connectivity index (χ0n) is 8.69. The average molecular weight is 260 g/mol. The lowest BCUT2D eigenvalue weighted by atomic mass is 9.42. The molecule has 4 rings (SSSR count). The van der Waals surface area contributed by atoms with Crippen molar-refractivity contribution in [1.82, 2.24) is 0 Å². The molecule has 16 heavy (non-hydrogen) atoms. The molecule has 4 heteroatoms. The van der Waals surface area contributed by atoms with Crippen molar-refractivity contribution in [2.45, 2.75) is 24.9 Å². The van der Waals surface area contributed by atoms with Gasteiger partial charge in [0, 0.05) is 22.3 Å². The summed E-state index contributed by atoms with van der Waals surface area (Å²) in [6.07, 6.45) is 2.13. The van der Waals surface area contributed by atoms with Gasteiger partial charge in [-0.1, -0.05) is 23.2 Å². The maximum Gasteiger partial charge on any atom is 0.112 e. The molecule has 0 radical (unpaired) electrons. The highest BCUT2D eigenvalue weighted by Crippen LogP contribution is 2.69. The van der Waals surface area contributed by atoms with Gasteiger partial charge in [-0.2, -0.15) is 0 Å². The second-order valence-electron chi connectivity index (χ2n) is 5.19. The predicted octanol–water partition coefficient (Wildman–Crippen LogP) is 4.30. The Bertz CT molecular complexity index is 407. The molecule has 1 aromatic carbocycles. The molecule has 2 bridgehead atoms. The number of hydrogen-bond donors (Lipinski definition) is 1. The Morgan fingerprint density at radius 1 is 1.12 bits per heavy atom. The molecule has 1 aromatic rings. The van der Waals surface area contributed by atoms with E-state index in [4.69, 9.17) is 23.2 Å². The first kappa shape index (κ1) is 10.7. The van der Waals surface area contributed by atoms with Crippen molar-refractivity contribution in [1.29, 1.82) is 0 Å². The number of alkyl halides is 1. The topological polar surface area (TPSA) is 12.0 Å². The Balaban J connectivity index is 1.63. The van der Waals surface area contributed by atoms with Crippen LogP contribution in [0.4, 0.5) is 10.1 Å². The highest BCUT2D eigenvalue weighted by Gasteiger charge is 2.68. The molecule has 1 nitrogen and oxygen atoms in total. The van der Waals surface area contributed by atoms with Crippen LogP contribution in [-0.2, 0) is 0 Å². The first-order chi connectivity index (χ1) is 7.49. The van der Waals surface area contributed by atoms with E-state index in [9.17, 15) is 4.39 Å². The van der Waals surface area contributed by atoms with E-state index in [0.717, 1.165) is 12.2 Å². The second-order valence-corrected chi connectivity index (χ2v) is 6.07. The highest BCUT2D eigenvalue weighted by atomic mass is 35.5. The van der Waals surface area contributed by atoms with Crippen molar-refractivity contribution in [3.8, 4) is 0 Å². The van der Waals surface area contributed by atoms with E-state index in [0.29, 0.717) is 29.3 Å². The molecule has 3 saturated carbocycles. The van der Waals surface area contributed by atoms with Crippen LogP contribution in [0, 0.1) is 5.41 Å². The van der Waals surface area contributed by atoms with Crippen LogP contribution >= 0.6 is 23.2 Å². The van der Waals surface area contributed by atoms with Gasteiger partial charge < -0.3 is 5.32 Å². The van der Waals surface area contributed by atoms with Gasteiger partial charge in [0.25, 0.3) is 0 Å². The fourth-order valence-electron chi connectivity index (χ4n) is 2.99. The molecule has 0 amide bonds. The molecule has 3 aliphatic rings. The second kappa shape index (κ2) is 3.27. The first-order valence-electron chi connectivity index (χ1n) is 5.38. The van der Waals surface area contributed by atoms with E-state index < -0.39 is 5.67 Å². The fourth-order valence-corrected chi connectivity index (χ4v) is 3.52. The lowest BCUT2D eigenvalue weighted by molar-refractivity contribution is -0.204. The molecular weight excluding hydrogens is 248 g/mol. The Morgan fingerprint density at radius 2 is 1.69 bits per heavy atom. The van der Waals surface area contributed by atoms with Crippen LogP contribution in [0.5, 0.6) is 0 Å². The van der Waals surface area contributed by atoms with Gasteiger partial charge in [0.2, 0.25) is 0 Å². The van der Waals surface area contributed by atoms with Crippen molar-refractivity contribution < 1.29 is 4.39 Å². The summed E-state index contributed by atoms with van der Waals surface area (Å²) in [5.41, 5.74) is 0.284. The SMILES string of the molecule is FC12CC(CNc3cc(Cl)cc(Cl)c3)(C1)C2. The van der Waals surface area contributed by atoms with Gasteiger partial charge in [-0.05, 0) is 42.9 Å². The van der Waals surface area contributed by atoms with E-state index in [1.165, 1.54) is 0 Å². The minimum Gasteiger partial charge on any atom is -0.384 e. The minimum absolute atomic E-state index is 0.198. The molecule has 1 N–H and O–H groups in total. The summed E-state index contributed by atoms with van der Waals surface area (Å²) in [6.45, 7) is 0.815. The largest absolute Gasteiger partial charge is 0.384 e. The molecule has 3 aliphatic carbocycles. The summed E-state index contributed by atoms with van der Waals surface area (Å²) in [6, 6.07) is 5.38. The highest BCUT2D eigenvalue weighted by molar-refractivity contribution is 6.35. The average Bonchev–Trinajstić information content (AvgIpc) is 2.07. The van der Waals surface area contributed by atoms with Crippen LogP contribution in [0.2, 0.25) is 10.0 Å². The summed E-state index contributed by atoms with van der Waals surface area (Å²) >= 11 is 11.8. The number of benzene rings is 1. The molecular formula is C12H12Cl2FN. The van der Waals surface area contributed by atoms with Gasteiger partial charge in [-0.3, -0.25) is 0 Å². The summed E-state index contributed by atoms with van der Waals surface area (Å²) < 4.78 is 13.3. The van der Waals surface area contributed by atoms with Crippen LogP contribution in [0.3, 0.4) is 0 Å². The zero-order valence-corrected chi connectivity index (χ0v) is 10.2. The maximum absolute atomic E-state index is 13.3. The summed E-state index contributed by atoms with van der Waals surface area (Å²) in [4.78, 5) is 0. The van der Waals surface area contributed by atoms with E-state index in [1.807, 2.05) is 12.1 Å². The van der Waals surface area contributed by atoms with Gasteiger partial charge in [0.05, 0.1) is 0 Å². The van der Waals surface area contributed by atoms with Gasteiger partial charge in [0.1, 0.15) is 5.67 Å². The number of nitrogens with one attached hydrogen (secondary N) is 1. The summed E-state index contributed by atoms with van der Waals surface area (Å²) in [5, 5.41) is 4.53. The van der Waals surface area contributed by atoms with Crippen LogP contribution in [-0.4, -0.2) is 12.2 Å². The van der Waals surface area contributed by atoms with Crippen LogP contribution in [0.1, 0.15) is 19.3 Å². The lowest BCUT2D eigenvalue weighted by Crippen LogP contribution is -2.66. The smallest absolute Gasteiger partial charge is 0.112 e. The summed E-state index contributed by atoms with van der Waals surface area (Å²) in [7, 11) is 0. The Kier molecular flexibility index (Phi) is 2.18.